The Bertz CT molecular complexity index is 3180. The van der Waals surface area contributed by atoms with E-state index in [0.717, 1.165) is 112 Å². The molecule has 6 aromatic carbocycles. The van der Waals surface area contributed by atoms with Crippen molar-refractivity contribution in [1.29, 1.82) is 0 Å². The van der Waals surface area contributed by atoms with Crippen LogP contribution in [0.3, 0.4) is 0 Å². The first-order chi connectivity index (χ1) is 29.0. The summed E-state index contributed by atoms with van der Waals surface area (Å²) in [5.74, 6) is 0. The maximum atomic E-state index is 6.83. The first-order valence-electron chi connectivity index (χ1n) is 21.5. The third-order valence-corrected chi connectivity index (χ3v) is 11.9. The van der Waals surface area contributed by atoms with E-state index in [1.807, 2.05) is 0 Å². The monoisotopic (exact) mass is 800 g/mol. The summed E-state index contributed by atoms with van der Waals surface area (Å²) in [4.78, 5) is 19.5. The summed E-state index contributed by atoms with van der Waals surface area (Å²) in [7, 11) is 0. The summed E-state index contributed by atoms with van der Waals surface area (Å²) in [6.45, 7) is 22.2. The number of nitrogens with zero attached hydrogens (tertiary/aromatic N) is 4. The topological polar surface area (TPSA) is 77.8 Å². The van der Waals surface area contributed by atoms with Gasteiger partial charge in [0.1, 0.15) is 35.0 Å². The summed E-state index contributed by atoms with van der Waals surface area (Å²) in [5.41, 5.74) is 18.9. The number of hydrogen-bond donors (Lipinski definition) is 0. The van der Waals surface area contributed by atoms with Crippen molar-refractivity contribution < 1.29 is 8.83 Å². The zero-order valence-corrected chi connectivity index (χ0v) is 37.0. The van der Waals surface area contributed by atoms with Crippen LogP contribution in [0.2, 0.25) is 0 Å². The molecular formula is C55H52N4O2. The minimum atomic E-state index is 0.160. The Kier molecular flexibility index (Phi) is 8.96. The number of fused-ring (bicyclic) bond motifs is 8. The molecule has 0 fully saturated rings. The lowest BCUT2D eigenvalue weighted by molar-refractivity contribution is 0.411. The molecule has 10 aromatic rings. The molecule has 0 aliphatic rings. The maximum Gasteiger partial charge on any atom is 0.144 e. The fraction of sp³-hybridized carbons (Fsp3) is 0.273. The summed E-state index contributed by atoms with van der Waals surface area (Å²) < 4.78 is 13.7. The van der Waals surface area contributed by atoms with Crippen molar-refractivity contribution in [3.63, 3.8) is 0 Å². The molecule has 0 amide bonds. The predicted octanol–water partition coefficient (Wildman–Crippen LogP) is 14.7. The first kappa shape index (κ1) is 38.8. The van der Waals surface area contributed by atoms with Crippen molar-refractivity contribution in [2.24, 2.45) is 10.8 Å². The normalized spacial score (nSPS) is 12.6. The van der Waals surface area contributed by atoms with Crippen molar-refractivity contribution in [2.45, 2.75) is 88.5 Å². The Balaban J connectivity index is 1.19. The van der Waals surface area contributed by atoms with Gasteiger partial charge in [0.15, 0.2) is 0 Å². The van der Waals surface area contributed by atoms with Crippen LogP contribution in [-0.4, -0.2) is 19.9 Å². The molecule has 10 rings (SSSR count). The van der Waals surface area contributed by atoms with Crippen LogP contribution in [0.25, 0.3) is 88.2 Å². The van der Waals surface area contributed by atoms with Gasteiger partial charge < -0.3 is 8.83 Å². The highest BCUT2D eigenvalue weighted by atomic mass is 16.3. The molecule has 0 aliphatic carbocycles. The molecule has 0 saturated carbocycles. The van der Waals surface area contributed by atoms with Gasteiger partial charge in [-0.3, -0.25) is 0 Å². The van der Waals surface area contributed by atoms with Crippen LogP contribution in [-0.2, 0) is 19.3 Å². The van der Waals surface area contributed by atoms with Crippen molar-refractivity contribution in [3.05, 3.63) is 142 Å². The van der Waals surface area contributed by atoms with Crippen LogP contribution in [0.15, 0.2) is 106 Å². The Labute approximate surface area is 357 Å². The molecule has 0 spiro atoms. The number of aromatic nitrogens is 4. The minimum absolute atomic E-state index is 0.160. The summed E-state index contributed by atoms with van der Waals surface area (Å²) in [6, 6.07) is 31.2. The summed E-state index contributed by atoms with van der Waals surface area (Å²) in [5, 5.41) is 6.46. The van der Waals surface area contributed by atoms with E-state index < -0.39 is 0 Å². The quantitative estimate of drug-likeness (QED) is 0.167. The van der Waals surface area contributed by atoms with E-state index in [1.165, 1.54) is 33.4 Å². The van der Waals surface area contributed by atoms with Gasteiger partial charge in [-0.05, 0) is 151 Å². The van der Waals surface area contributed by atoms with Gasteiger partial charge in [0.05, 0.1) is 22.4 Å². The molecule has 0 N–H and O–H groups in total. The van der Waals surface area contributed by atoms with Crippen molar-refractivity contribution >= 4 is 65.7 Å². The number of rotatable bonds is 6. The van der Waals surface area contributed by atoms with E-state index in [4.69, 9.17) is 28.8 Å². The van der Waals surface area contributed by atoms with Gasteiger partial charge in [0.25, 0.3) is 0 Å². The van der Waals surface area contributed by atoms with E-state index in [9.17, 15) is 0 Å². The summed E-state index contributed by atoms with van der Waals surface area (Å²) in [6.07, 6.45) is 5.98. The van der Waals surface area contributed by atoms with Crippen LogP contribution in [0, 0.1) is 38.5 Å². The zero-order chi connectivity index (χ0) is 42.5. The lowest BCUT2D eigenvalue weighted by Gasteiger charge is -2.18. The molecule has 304 valence electrons. The zero-order valence-electron chi connectivity index (χ0n) is 37.0. The highest BCUT2D eigenvalue weighted by molar-refractivity contribution is 6.14. The van der Waals surface area contributed by atoms with E-state index >= 15 is 0 Å². The van der Waals surface area contributed by atoms with Crippen LogP contribution < -0.4 is 0 Å². The average molecular weight is 801 g/mol. The smallest absolute Gasteiger partial charge is 0.144 e. The molecule has 0 radical (unpaired) electrons. The Hall–Kier alpha value is -6.40. The van der Waals surface area contributed by atoms with Crippen LogP contribution >= 0.6 is 0 Å². The van der Waals surface area contributed by atoms with Gasteiger partial charge >= 0.3 is 0 Å². The number of hydrogen-bond acceptors (Lipinski definition) is 6. The third-order valence-electron chi connectivity index (χ3n) is 11.9. The van der Waals surface area contributed by atoms with Crippen LogP contribution in [0.5, 0.6) is 0 Å². The van der Waals surface area contributed by atoms with Gasteiger partial charge in [0, 0.05) is 43.4 Å². The SMILES string of the molecule is Cc1cc(C)c2c(c1)oc1c(-c3ncnc4cc(CC(C)(C)C)ccc34)cc(Cc3cc(-c4ncnc5cc(CC(C)(C)C)ccc45)c4oc5cc(C)cc(C)c5c4c3)cc12. The second-order valence-electron chi connectivity index (χ2n) is 20.0. The van der Waals surface area contributed by atoms with Crippen LogP contribution in [0.1, 0.15) is 86.1 Å². The number of furan rings is 2. The Morgan fingerprint density at radius 3 is 1.28 bits per heavy atom. The molecule has 6 heteroatoms. The van der Waals surface area contributed by atoms with E-state index in [1.54, 1.807) is 12.7 Å². The lowest BCUT2D eigenvalue weighted by atomic mass is 9.87. The standard InChI is InChI=1S/C55H52N4O2/c1-30-15-32(3)48-40-20-36(22-42(52(40)60-46(48)17-30)50-38-13-11-34(26-54(5,6)7)24-44(38)56-28-58-50)19-37-21-41-49-33(4)16-31(2)18-47(49)61-53(41)43(23-37)51-39-14-12-35(27-55(8,9)10)25-45(39)57-29-59-51/h11-18,20-25,28-29H,19,26-27H2,1-10H3. The highest BCUT2D eigenvalue weighted by Crippen LogP contribution is 2.43. The fourth-order valence-corrected chi connectivity index (χ4v) is 9.77. The molecule has 6 nitrogen and oxygen atoms in total. The number of aryl methyl sites for hydroxylation is 4. The van der Waals surface area contributed by atoms with Gasteiger partial charge in [-0.1, -0.05) is 77.9 Å². The molecule has 4 aromatic heterocycles. The number of benzene rings is 6. The molecule has 0 saturated heterocycles. The first-order valence-corrected chi connectivity index (χ1v) is 21.5. The molecular weight excluding hydrogens is 749 g/mol. The molecule has 0 bridgehead atoms. The Morgan fingerprint density at radius 1 is 0.443 bits per heavy atom. The highest BCUT2D eigenvalue weighted by Gasteiger charge is 2.23. The maximum absolute atomic E-state index is 6.83. The third kappa shape index (κ3) is 7.12. The average Bonchev–Trinajstić information content (AvgIpc) is 3.73. The summed E-state index contributed by atoms with van der Waals surface area (Å²) >= 11 is 0. The molecule has 0 aliphatic heterocycles. The molecule has 4 heterocycles. The van der Waals surface area contributed by atoms with Gasteiger partial charge in [-0.15, -0.1) is 0 Å². The van der Waals surface area contributed by atoms with E-state index in [-0.39, 0.29) is 10.8 Å². The predicted molar refractivity (Wildman–Crippen MR) is 253 cm³/mol. The molecule has 61 heavy (non-hydrogen) atoms. The largest absolute Gasteiger partial charge is 0.455 e. The van der Waals surface area contributed by atoms with E-state index in [2.05, 4.69) is 154 Å². The van der Waals surface area contributed by atoms with E-state index in [0.29, 0.717) is 6.42 Å². The Morgan fingerprint density at radius 2 is 0.869 bits per heavy atom. The van der Waals surface area contributed by atoms with Crippen molar-refractivity contribution in [3.8, 4) is 22.5 Å². The van der Waals surface area contributed by atoms with Gasteiger partial charge in [0.2, 0.25) is 0 Å². The van der Waals surface area contributed by atoms with Crippen molar-refractivity contribution in [1.82, 2.24) is 19.9 Å². The molecule has 0 unspecified atom stereocenters. The fourth-order valence-electron chi connectivity index (χ4n) is 9.77. The molecule has 0 atom stereocenters. The van der Waals surface area contributed by atoms with Crippen LogP contribution in [0.4, 0.5) is 0 Å². The minimum Gasteiger partial charge on any atom is -0.455 e. The van der Waals surface area contributed by atoms with Crippen molar-refractivity contribution in [2.75, 3.05) is 0 Å². The second-order valence-corrected chi connectivity index (χ2v) is 20.0. The second kappa shape index (κ2) is 14.1. The lowest BCUT2D eigenvalue weighted by Crippen LogP contribution is -2.09. The van der Waals surface area contributed by atoms with Gasteiger partial charge in [-0.2, -0.15) is 0 Å². The van der Waals surface area contributed by atoms with Gasteiger partial charge in [-0.25, -0.2) is 19.9 Å².